The summed E-state index contributed by atoms with van der Waals surface area (Å²) >= 11 is 0. The van der Waals surface area contributed by atoms with Crippen molar-refractivity contribution >= 4 is 82.4 Å². The van der Waals surface area contributed by atoms with Crippen LogP contribution in [0.3, 0.4) is 0 Å². The minimum Gasteiger partial charge on any atom is -0.332 e. The molecule has 0 saturated carbocycles. The fraction of sp³-hybridized carbons (Fsp3) is 0.0345. The molecular weight excluding hydrogens is 1090 g/mol. The fourth-order valence-corrected chi connectivity index (χ4v) is 14.8. The lowest BCUT2D eigenvalue weighted by atomic mass is 9.83. The Morgan fingerprint density at radius 3 is 1.44 bits per heavy atom. The normalized spacial score (nSPS) is 14.2. The monoisotopic (exact) mass is 1150 g/mol. The van der Waals surface area contributed by atoms with Crippen LogP contribution < -0.4 is 9.80 Å². The summed E-state index contributed by atoms with van der Waals surface area (Å²) in [6.45, 7) is 0. The minimum absolute atomic E-state index is 0.0373. The number of fused-ring (bicyclic) bond motifs is 9. The molecule has 3 unspecified atom stereocenters. The average molecular weight is 1150 g/mol. The summed E-state index contributed by atoms with van der Waals surface area (Å²) in [4.78, 5) is 5.04. The Hall–Kier alpha value is -11.5. The molecule has 0 aliphatic carbocycles. The molecule has 90 heavy (non-hydrogen) atoms. The third-order valence-electron chi connectivity index (χ3n) is 18.8. The molecule has 15 aromatic carbocycles. The molecule has 2 heterocycles. The standard InChI is InChI=1S/C87H61N3/c1-7-25-61(26-8-1)81(69-40-39-59-23-19-21-35-67(59)57-69)64-42-44-72(45-43-64)89-84(65-31-13-4-14-32-65)82(62-27-9-2-10-28-62)79-55-51-75-76-52-56-80-83(63-29-11-3-12-30-63)85(66-33-15-5-16-34-66)90(87(80)78(76)54-53-77(75)86(79)89)73-49-47-71(48-50-73)88(70-37-17-6-18-38-70)74-46-41-60-24-20-22-36-68(60)58-74/h1-58,81-82,84H. The van der Waals surface area contributed by atoms with Gasteiger partial charge in [0.1, 0.15) is 0 Å². The van der Waals surface area contributed by atoms with Gasteiger partial charge in [-0.25, -0.2) is 0 Å². The van der Waals surface area contributed by atoms with Crippen LogP contribution in [0.15, 0.2) is 352 Å². The fourth-order valence-electron chi connectivity index (χ4n) is 14.8. The highest BCUT2D eigenvalue weighted by molar-refractivity contribution is 6.23. The molecule has 424 valence electrons. The van der Waals surface area contributed by atoms with Gasteiger partial charge in [0.05, 0.1) is 22.9 Å². The van der Waals surface area contributed by atoms with E-state index in [1.807, 2.05) is 0 Å². The highest BCUT2D eigenvalue weighted by Gasteiger charge is 2.42. The zero-order chi connectivity index (χ0) is 59.5. The smallest absolute Gasteiger partial charge is 0.0701 e. The first-order valence-corrected chi connectivity index (χ1v) is 31.3. The van der Waals surface area contributed by atoms with E-state index in [1.165, 1.54) is 104 Å². The summed E-state index contributed by atoms with van der Waals surface area (Å²) in [7, 11) is 0. The van der Waals surface area contributed by atoms with Crippen LogP contribution in [0.25, 0.3) is 82.1 Å². The molecular formula is C87H61N3. The summed E-state index contributed by atoms with van der Waals surface area (Å²) < 4.78 is 2.55. The third kappa shape index (κ3) is 9.05. The number of hydrogen-bond donors (Lipinski definition) is 0. The SMILES string of the molecule is c1ccc(-c2c(-c3ccccc3)n(-c3ccc(N(c4ccccc4)c4ccc5ccccc5c4)cc3)c3c2ccc2c4ccc5c(c4ccc23)N(c2ccc(C(c3ccccc3)c3ccc4ccccc4c3)cc2)C(c2ccccc2)C5c2ccccc2)cc1. The van der Waals surface area contributed by atoms with Crippen LogP contribution in [0, 0.1) is 0 Å². The molecule has 16 aromatic rings. The number of aromatic nitrogens is 1. The number of rotatable bonds is 12. The van der Waals surface area contributed by atoms with Gasteiger partial charge in [0.15, 0.2) is 0 Å². The van der Waals surface area contributed by atoms with Crippen LogP contribution in [0.4, 0.5) is 28.4 Å². The van der Waals surface area contributed by atoms with Gasteiger partial charge in [-0.2, -0.15) is 0 Å². The number of benzene rings is 15. The third-order valence-corrected chi connectivity index (χ3v) is 18.8. The highest BCUT2D eigenvalue weighted by atomic mass is 15.2. The molecule has 1 aliphatic rings. The summed E-state index contributed by atoms with van der Waals surface area (Å²) in [6.07, 6.45) is 0. The minimum atomic E-state index is -0.0373. The molecule has 3 nitrogen and oxygen atoms in total. The molecule has 0 amide bonds. The van der Waals surface area contributed by atoms with Crippen LogP contribution in [0.2, 0.25) is 0 Å². The van der Waals surface area contributed by atoms with E-state index in [1.54, 1.807) is 0 Å². The van der Waals surface area contributed by atoms with Crippen LogP contribution in [0.5, 0.6) is 0 Å². The first-order chi connectivity index (χ1) is 44.7. The summed E-state index contributed by atoms with van der Waals surface area (Å²) in [6, 6.07) is 130. The Kier molecular flexibility index (Phi) is 13.1. The highest BCUT2D eigenvalue weighted by Crippen LogP contribution is 2.58. The first kappa shape index (κ1) is 52.8. The van der Waals surface area contributed by atoms with Gasteiger partial charge in [0.25, 0.3) is 0 Å². The van der Waals surface area contributed by atoms with Crippen LogP contribution in [0.1, 0.15) is 51.3 Å². The predicted molar refractivity (Wildman–Crippen MR) is 379 cm³/mol. The molecule has 17 rings (SSSR count). The molecule has 0 bridgehead atoms. The van der Waals surface area contributed by atoms with Crippen molar-refractivity contribution in [2.75, 3.05) is 9.80 Å². The molecule has 1 aliphatic heterocycles. The number of para-hydroxylation sites is 1. The van der Waals surface area contributed by atoms with Crippen molar-refractivity contribution in [2.24, 2.45) is 0 Å². The Morgan fingerprint density at radius 1 is 0.300 bits per heavy atom. The molecule has 3 atom stereocenters. The Labute approximate surface area is 524 Å². The Balaban J connectivity index is 0.879. The van der Waals surface area contributed by atoms with Crippen molar-refractivity contribution in [3.63, 3.8) is 0 Å². The predicted octanol–water partition coefficient (Wildman–Crippen LogP) is 23.3. The summed E-state index contributed by atoms with van der Waals surface area (Å²) in [5.41, 5.74) is 20.3. The zero-order valence-corrected chi connectivity index (χ0v) is 49.6. The maximum atomic E-state index is 2.67. The van der Waals surface area contributed by atoms with Crippen molar-refractivity contribution in [3.8, 4) is 28.1 Å². The van der Waals surface area contributed by atoms with Gasteiger partial charge in [0.2, 0.25) is 0 Å². The molecule has 0 radical (unpaired) electrons. The lowest BCUT2D eigenvalue weighted by molar-refractivity contribution is 0.658. The average Bonchev–Trinajstić information content (AvgIpc) is 1.63. The van der Waals surface area contributed by atoms with E-state index in [-0.39, 0.29) is 17.9 Å². The van der Waals surface area contributed by atoms with E-state index in [4.69, 9.17) is 0 Å². The second kappa shape index (κ2) is 22.3. The van der Waals surface area contributed by atoms with E-state index in [2.05, 4.69) is 366 Å². The lowest BCUT2D eigenvalue weighted by Gasteiger charge is -2.32. The summed E-state index contributed by atoms with van der Waals surface area (Å²) in [5, 5.41) is 11.0. The largest absolute Gasteiger partial charge is 0.332 e. The first-order valence-electron chi connectivity index (χ1n) is 31.3. The van der Waals surface area contributed by atoms with E-state index < -0.39 is 0 Å². The van der Waals surface area contributed by atoms with Crippen molar-refractivity contribution in [1.82, 2.24) is 4.57 Å². The van der Waals surface area contributed by atoms with E-state index in [0.717, 1.165) is 39.7 Å². The lowest BCUT2D eigenvalue weighted by Crippen LogP contribution is -2.23. The molecule has 0 fully saturated rings. The second-order valence-corrected chi connectivity index (χ2v) is 23.9. The molecule has 3 heteroatoms. The van der Waals surface area contributed by atoms with Crippen LogP contribution in [-0.2, 0) is 0 Å². The van der Waals surface area contributed by atoms with Crippen LogP contribution in [-0.4, -0.2) is 4.57 Å². The van der Waals surface area contributed by atoms with Crippen LogP contribution >= 0.6 is 0 Å². The molecule has 0 saturated heterocycles. The Bertz CT molecular complexity index is 5280. The quantitative estimate of drug-likeness (QED) is 0.0892. The maximum absolute atomic E-state index is 2.67. The van der Waals surface area contributed by atoms with E-state index >= 15 is 0 Å². The van der Waals surface area contributed by atoms with Gasteiger partial charge >= 0.3 is 0 Å². The summed E-state index contributed by atoms with van der Waals surface area (Å²) in [5.74, 6) is 0.0875. The van der Waals surface area contributed by atoms with Gasteiger partial charge in [0, 0.05) is 62.0 Å². The number of hydrogen-bond acceptors (Lipinski definition) is 2. The van der Waals surface area contributed by atoms with Crippen molar-refractivity contribution in [3.05, 3.63) is 385 Å². The number of anilines is 5. The van der Waals surface area contributed by atoms with Gasteiger partial charge in [-0.05, 0) is 137 Å². The maximum Gasteiger partial charge on any atom is 0.0701 e. The molecule has 0 N–H and O–H groups in total. The number of nitrogens with zero attached hydrogens (tertiary/aromatic N) is 3. The topological polar surface area (TPSA) is 11.4 Å². The molecule has 0 spiro atoms. The van der Waals surface area contributed by atoms with Gasteiger partial charge in [-0.15, -0.1) is 0 Å². The van der Waals surface area contributed by atoms with Gasteiger partial charge < -0.3 is 14.4 Å². The Morgan fingerprint density at radius 2 is 0.767 bits per heavy atom. The van der Waals surface area contributed by atoms with Crippen molar-refractivity contribution < 1.29 is 0 Å². The molecule has 1 aromatic heterocycles. The van der Waals surface area contributed by atoms with E-state index in [0.29, 0.717) is 0 Å². The van der Waals surface area contributed by atoms with E-state index in [9.17, 15) is 0 Å². The van der Waals surface area contributed by atoms with Gasteiger partial charge in [-0.3, -0.25) is 0 Å². The van der Waals surface area contributed by atoms with Gasteiger partial charge in [-0.1, -0.05) is 291 Å². The van der Waals surface area contributed by atoms with Crippen molar-refractivity contribution in [1.29, 1.82) is 0 Å². The van der Waals surface area contributed by atoms with Crippen molar-refractivity contribution in [2.45, 2.75) is 17.9 Å². The second-order valence-electron chi connectivity index (χ2n) is 23.9. The zero-order valence-electron chi connectivity index (χ0n) is 49.6.